The Morgan fingerprint density at radius 3 is 1.47 bits per heavy atom. The molecule has 2 rings (SSSR count). The van der Waals surface area contributed by atoms with Crippen LogP contribution in [0.5, 0.6) is 0 Å². The zero-order valence-corrected chi connectivity index (χ0v) is 11.4. The summed E-state index contributed by atoms with van der Waals surface area (Å²) in [6.45, 7) is 0. The van der Waals surface area contributed by atoms with Gasteiger partial charge in [-0.25, -0.2) is 0 Å². The maximum Gasteiger partial charge on any atom is 0.329 e. The zero-order chi connectivity index (χ0) is 13.7. The number of rotatable bonds is 5. The second-order valence-corrected chi connectivity index (χ2v) is 6.53. The monoisotopic (exact) mass is 276 g/mol. The lowest BCUT2D eigenvalue weighted by Crippen LogP contribution is -2.15. The number of benzene rings is 2. The summed E-state index contributed by atoms with van der Waals surface area (Å²) in [5.74, 6) is 0. The molecule has 0 spiro atoms. The molecule has 0 bridgehead atoms. The molecule has 0 unspecified atom stereocenters. The van der Waals surface area contributed by atoms with Crippen molar-refractivity contribution in [1.29, 1.82) is 0 Å². The second-order valence-electron chi connectivity index (χ2n) is 4.62. The molecule has 0 aromatic heterocycles. The lowest BCUT2D eigenvalue weighted by Gasteiger charge is -2.18. The van der Waals surface area contributed by atoms with Crippen LogP contribution in [0.2, 0.25) is 0 Å². The van der Waals surface area contributed by atoms with E-state index >= 15 is 0 Å². The first-order valence-corrected chi connectivity index (χ1v) is 7.87. The van der Waals surface area contributed by atoms with Crippen LogP contribution in [0.25, 0.3) is 0 Å². The van der Waals surface area contributed by atoms with Gasteiger partial charge >= 0.3 is 7.60 Å². The molecule has 0 fully saturated rings. The molecule has 3 nitrogen and oxygen atoms in total. The van der Waals surface area contributed by atoms with Crippen LogP contribution in [0.3, 0.4) is 0 Å². The molecule has 19 heavy (non-hydrogen) atoms. The van der Waals surface area contributed by atoms with E-state index < -0.39 is 13.3 Å². The Hall–Kier alpha value is -1.41. The third-order valence-electron chi connectivity index (χ3n) is 3.10. The van der Waals surface area contributed by atoms with Gasteiger partial charge in [-0.3, -0.25) is 4.57 Å². The molecule has 0 radical (unpaired) electrons. The van der Waals surface area contributed by atoms with Gasteiger partial charge in [-0.1, -0.05) is 60.7 Å². The number of hydrogen-bond donors (Lipinski definition) is 2. The predicted octanol–water partition coefficient (Wildman–Crippen LogP) is 3.02. The van der Waals surface area contributed by atoms with E-state index in [1.807, 2.05) is 60.7 Å². The molecule has 2 aromatic rings. The first-order chi connectivity index (χ1) is 9.05. The van der Waals surface area contributed by atoms with Crippen molar-refractivity contribution in [2.45, 2.75) is 18.5 Å². The topological polar surface area (TPSA) is 57.5 Å². The van der Waals surface area contributed by atoms with Crippen LogP contribution in [0, 0.1) is 0 Å². The maximum atomic E-state index is 11.6. The van der Waals surface area contributed by atoms with Gasteiger partial charge in [0.05, 0.1) is 5.66 Å². The summed E-state index contributed by atoms with van der Waals surface area (Å²) in [6.07, 6.45) is 0.778. The lowest BCUT2D eigenvalue weighted by molar-refractivity contribution is 0.356. The minimum Gasteiger partial charge on any atom is -0.324 e. The van der Waals surface area contributed by atoms with Crippen molar-refractivity contribution < 1.29 is 14.4 Å². The van der Waals surface area contributed by atoms with Gasteiger partial charge in [0.15, 0.2) is 0 Å². The second kappa shape index (κ2) is 6.16. The van der Waals surface area contributed by atoms with Gasteiger partial charge in [-0.2, -0.15) is 0 Å². The molecule has 0 saturated carbocycles. The Bertz CT molecular complexity index is 507. The predicted molar refractivity (Wildman–Crippen MR) is 76.1 cm³/mol. The SMILES string of the molecule is O=P(O)(O)C(Cc1ccccc1)Cc1ccccc1. The average Bonchev–Trinajstić information content (AvgIpc) is 2.39. The van der Waals surface area contributed by atoms with Gasteiger partial charge in [0.25, 0.3) is 0 Å². The first kappa shape index (κ1) is 14.0. The molecule has 0 aliphatic carbocycles. The minimum atomic E-state index is -4.11. The fraction of sp³-hybridized carbons (Fsp3) is 0.200. The normalized spacial score (nSPS) is 11.7. The highest BCUT2D eigenvalue weighted by molar-refractivity contribution is 7.52. The summed E-state index contributed by atoms with van der Waals surface area (Å²) in [4.78, 5) is 19.0. The summed E-state index contributed by atoms with van der Waals surface area (Å²) >= 11 is 0. The highest BCUT2D eigenvalue weighted by Gasteiger charge is 2.28. The van der Waals surface area contributed by atoms with Gasteiger partial charge in [0, 0.05) is 0 Å². The van der Waals surface area contributed by atoms with Crippen molar-refractivity contribution in [1.82, 2.24) is 0 Å². The maximum absolute atomic E-state index is 11.6. The largest absolute Gasteiger partial charge is 0.329 e. The molecule has 2 N–H and O–H groups in total. The van der Waals surface area contributed by atoms with Crippen LogP contribution < -0.4 is 0 Å². The Labute approximate surface area is 113 Å². The molecule has 0 saturated heterocycles. The molecule has 0 amide bonds. The van der Waals surface area contributed by atoms with Crippen molar-refractivity contribution in [2.24, 2.45) is 0 Å². The van der Waals surface area contributed by atoms with E-state index in [9.17, 15) is 14.4 Å². The van der Waals surface area contributed by atoms with Gasteiger partial charge in [0.2, 0.25) is 0 Å². The molecule has 0 atom stereocenters. The summed E-state index contributed by atoms with van der Waals surface area (Å²) in [5.41, 5.74) is 1.23. The smallest absolute Gasteiger partial charge is 0.324 e. The summed E-state index contributed by atoms with van der Waals surface area (Å²) < 4.78 is 11.6. The zero-order valence-electron chi connectivity index (χ0n) is 10.5. The van der Waals surface area contributed by atoms with Crippen LogP contribution in [0.4, 0.5) is 0 Å². The molecule has 2 aromatic carbocycles. The molecule has 0 heterocycles. The van der Waals surface area contributed by atoms with Crippen molar-refractivity contribution in [3.8, 4) is 0 Å². The summed E-state index contributed by atoms with van der Waals surface area (Å²) in [7, 11) is -4.11. The van der Waals surface area contributed by atoms with Gasteiger partial charge in [-0.15, -0.1) is 0 Å². The Morgan fingerprint density at radius 2 is 1.16 bits per heavy atom. The van der Waals surface area contributed by atoms with E-state index in [-0.39, 0.29) is 0 Å². The van der Waals surface area contributed by atoms with Gasteiger partial charge in [-0.05, 0) is 24.0 Å². The third-order valence-corrected chi connectivity index (χ3v) is 4.42. The van der Waals surface area contributed by atoms with Crippen LogP contribution in [0.1, 0.15) is 11.1 Å². The Morgan fingerprint density at radius 1 is 0.789 bits per heavy atom. The van der Waals surface area contributed by atoms with Gasteiger partial charge < -0.3 is 9.79 Å². The lowest BCUT2D eigenvalue weighted by atomic mass is 10.0. The molecule has 100 valence electrons. The van der Waals surface area contributed by atoms with E-state index in [0.29, 0.717) is 12.8 Å². The molecule has 0 aliphatic rings. The molecular formula is C15H17O3P. The van der Waals surface area contributed by atoms with Crippen LogP contribution >= 0.6 is 7.60 Å². The van der Waals surface area contributed by atoms with E-state index in [1.54, 1.807) is 0 Å². The van der Waals surface area contributed by atoms with E-state index in [4.69, 9.17) is 0 Å². The Balaban J connectivity index is 2.16. The number of hydrogen-bond acceptors (Lipinski definition) is 1. The van der Waals surface area contributed by atoms with Crippen molar-refractivity contribution in [3.63, 3.8) is 0 Å². The van der Waals surface area contributed by atoms with E-state index in [2.05, 4.69) is 0 Å². The highest BCUT2D eigenvalue weighted by Crippen LogP contribution is 2.44. The average molecular weight is 276 g/mol. The van der Waals surface area contributed by atoms with Crippen LogP contribution in [0.15, 0.2) is 60.7 Å². The first-order valence-electron chi connectivity index (χ1n) is 6.19. The molecular weight excluding hydrogens is 259 g/mol. The van der Waals surface area contributed by atoms with Crippen molar-refractivity contribution >= 4 is 7.60 Å². The van der Waals surface area contributed by atoms with E-state index in [1.165, 1.54) is 0 Å². The fourth-order valence-corrected chi connectivity index (χ4v) is 2.98. The van der Waals surface area contributed by atoms with Crippen molar-refractivity contribution in [3.05, 3.63) is 71.8 Å². The standard InChI is InChI=1S/C15H17O3P/c16-19(17,18)15(11-13-7-3-1-4-8-13)12-14-9-5-2-6-10-14/h1-10,15H,11-12H2,(H2,16,17,18). The quantitative estimate of drug-likeness (QED) is 0.825. The van der Waals surface area contributed by atoms with Crippen LogP contribution in [-0.4, -0.2) is 15.4 Å². The molecule has 4 heteroatoms. The summed E-state index contributed by atoms with van der Waals surface area (Å²) in [6, 6.07) is 18.9. The molecule has 0 aliphatic heterocycles. The van der Waals surface area contributed by atoms with E-state index in [0.717, 1.165) is 11.1 Å². The highest BCUT2D eigenvalue weighted by atomic mass is 31.2. The fourth-order valence-electron chi connectivity index (χ4n) is 2.08. The minimum absolute atomic E-state index is 0.389. The summed E-state index contributed by atoms with van der Waals surface area (Å²) in [5, 5.41) is 0. The van der Waals surface area contributed by atoms with Crippen LogP contribution in [-0.2, 0) is 17.4 Å². The van der Waals surface area contributed by atoms with Gasteiger partial charge in [0.1, 0.15) is 0 Å². The Kier molecular flexibility index (Phi) is 4.54. The van der Waals surface area contributed by atoms with Crippen molar-refractivity contribution in [2.75, 3.05) is 0 Å². The third kappa shape index (κ3) is 4.32.